The highest BCUT2D eigenvalue weighted by atomic mass is 32.2. The van der Waals surface area contributed by atoms with Crippen LogP contribution in [0.4, 0.5) is 0 Å². The molecule has 0 aliphatic carbocycles. The summed E-state index contributed by atoms with van der Waals surface area (Å²) < 4.78 is 32.0. The molecule has 168 valence electrons. The molecule has 0 atom stereocenters. The fraction of sp³-hybridized carbons (Fsp3) is 0.364. The summed E-state index contributed by atoms with van der Waals surface area (Å²) in [6, 6.07) is 9.73. The lowest BCUT2D eigenvalue weighted by molar-refractivity contribution is -0.149. The van der Waals surface area contributed by atoms with Crippen molar-refractivity contribution in [1.29, 1.82) is 0 Å². The second-order valence-electron chi connectivity index (χ2n) is 7.70. The largest absolute Gasteiger partial charge is 0.465 e. The summed E-state index contributed by atoms with van der Waals surface area (Å²) in [5.41, 5.74) is 0.782. The van der Waals surface area contributed by atoms with Crippen LogP contribution < -0.4 is 0 Å². The van der Waals surface area contributed by atoms with E-state index in [1.165, 1.54) is 27.7 Å². The molecule has 4 rings (SSSR count). The van der Waals surface area contributed by atoms with Gasteiger partial charge in [0.05, 0.1) is 23.7 Å². The first-order valence-corrected chi connectivity index (χ1v) is 11.9. The molecule has 2 amide bonds. The summed E-state index contributed by atoms with van der Waals surface area (Å²) in [5.74, 6) is -1.43. The molecule has 0 radical (unpaired) electrons. The number of benzene rings is 1. The quantitative estimate of drug-likeness (QED) is 0.353. The molecule has 2 aliphatic heterocycles. The second kappa shape index (κ2) is 9.17. The monoisotopic (exact) mass is 457 g/mol. The predicted molar refractivity (Wildman–Crippen MR) is 113 cm³/mol. The summed E-state index contributed by atoms with van der Waals surface area (Å²) in [5, 5.41) is 0. The zero-order valence-electron chi connectivity index (χ0n) is 17.3. The number of esters is 1. The highest BCUT2D eigenvalue weighted by Gasteiger charge is 2.35. The number of hydrogen-bond acceptors (Lipinski definition) is 7. The fourth-order valence-corrected chi connectivity index (χ4v) is 5.37. The number of rotatable bonds is 7. The molecular weight excluding hydrogens is 434 g/mol. The number of nitrogens with zero attached hydrogens (tertiary/aromatic N) is 3. The maximum atomic E-state index is 12.6. The molecular formula is C22H23N3O6S. The van der Waals surface area contributed by atoms with Crippen molar-refractivity contribution in [3.05, 3.63) is 59.9 Å². The van der Waals surface area contributed by atoms with Crippen molar-refractivity contribution in [3.8, 4) is 0 Å². The molecule has 1 fully saturated rings. The molecule has 0 spiro atoms. The van der Waals surface area contributed by atoms with Crippen molar-refractivity contribution in [2.24, 2.45) is 5.92 Å². The van der Waals surface area contributed by atoms with E-state index in [9.17, 15) is 22.8 Å². The Bertz CT molecular complexity index is 1090. The first-order chi connectivity index (χ1) is 15.4. The molecule has 1 aromatic carbocycles. The number of hydrogen-bond donors (Lipinski definition) is 0. The van der Waals surface area contributed by atoms with Gasteiger partial charge in [-0.3, -0.25) is 24.3 Å². The number of carbonyl (C=O) groups is 3. The number of pyridine rings is 1. The molecule has 0 bridgehead atoms. The number of carbonyl (C=O) groups excluding carboxylic acids is 3. The smallest absolute Gasteiger partial charge is 0.309 e. The van der Waals surface area contributed by atoms with E-state index in [1.807, 2.05) is 0 Å². The molecule has 9 nitrogen and oxygen atoms in total. The highest BCUT2D eigenvalue weighted by molar-refractivity contribution is 7.89. The van der Waals surface area contributed by atoms with Crippen molar-refractivity contribution in [1.82, 2.24) is 14.2 Å². The molecule has 32 heavy (non-hydrogen) atoms. The van der Waals surface area contributed by atoms with E-state index in [0.717, 1.165) is 0 Å². The van der Waals surface area contributed by atoms with Crippen LogP contribution in [0.25, 0.3) is 0 Å². The minimum Gasteiger partial charge on any atom is -0.465 e. The van der Waals surface area contributed by atoms with Crippen molar-refractivity contribution in [2.75, 3.05) is 26.2 Å². The van der Waals surface area contributed by atoms with Crippen LogP contribution in [0, 0.1) is 5.92 Å². The fourth-order valence-electron chi connectivity index (χ4n) is 3.94. The van der Waals surface area contributed by atoms with E-state index >= 15 is 0 Å². The molecule has 3 heterocycles. The van der Waals surface area contributed by atoms with E-state index in [4.69, 9.17) is 4.74 Å². The topological polar surface area (TPSA) is 114 Å². The van der Waals surface area contributed by atoms with E-state index < -0.39 is 10.0 Å². The number of aromatic nitrogens is 1. The second-order valence-corrected chi connectivity index (χ2v) is 9.63. The Morgan fingerprint density at radius 3 is 2.28 bits per heavy atom. The average Bonchev–Trinajstić information content (AvgIpc) is 3.07. The minimum absolute atomic E-state index is 0.0838. The Hall–Kier alpha value is -3.11. The number of piperidine rings is 1. The van der Waals surface area contributed by atoms with E-state index in [2.05, 4.69) is 4.98 Å². The van der Waals surface area contributed by atoms with Gasteiger partial charge in [-0.05, 0) is 43.5 Å². The van der Waals surface area contributed by atoms with Crippen LogP contribution >= 0.6 is 0 Å². The zero-order valence-corrected chi connectivity index (χ0v) is 18.2. The molecule has 0 N–H and O–H groups in total. The van der Waals surface area contributed by atoms with Gasteiger partial charge in [0.2, 0.25) is 10.0 Å². The molecule has 1 aromatic heterocycles. The van der Waals surface area contributed by atoms with Crippen LogP contribution in [0.15, 0.2) is 53.7 Å². The van der Waals surface area contributed by atoms with Gasteiger partial charge in [0, 0.05) is 32.0 Å². The Labute approximate surface area is 186 Å². The molecule has 2 aliphatic rings. The van der Waals surface area contributed by atoms with Gasteiger partial charge in [-0.15, -0.1) is 0 Å². The molecule has 0 unspecified atom stereocenters. The van der Waals surface area contributed by atoms with Crippen LogP contribution in [0.1, 0.15) is 40.0 Å². The van der Waals surface area contributed by atoms with Gasteiger partial charge in [0.1, 0.15) is 4.90 Å². The molecule has 0 saturated carbocycles. The lowest BCUT2D eigenvalue weighted by Crippen LogP contribution is -2.40. The third kappa shape index (κ3) is 4.28. The standard InChI is InChI=1S/C22H23N3O6S/c26-20-18-6-1-2-7-19(18)21(27)25(20)11-4-14-31-22(28)16-8-12-24(13-9-16)32(29,30)17-5-3-10-23-15-17/h1-3,5-7,10,15-16H,4,8-9,11-14H2. The van der Waals surface area contributed by atoms with Crippen molar-refractivity contribution in [2.45, 2.75) is 24.2 Å². The predicted octanol–water partition coefficient (Wildman–Crippen LogP) is 1.71. The van der Waals surface area contributed by atoms with Gasteiger partial charge < -0.3 is 4.74 Å². The van der Waals surface area contributed by atoms with E-state index in [0.29, 0.717) is 30.4 Å². The summed E-state index contributed by atoms with van der Waals surface area (Å²) in [6.07, 6.45) is 3.90. The Morgan fingerprint density at radius 2 is 1.69 bits per heavy atom. The van der Waals surface area contributed by atoms with Gasteiger partial charge in [-0.25, -0.2) is 8.42 Å². The number of imide groups is 1. The zero-order chi connectivity index (χ0) is 22.7. The summed E-state index contributed by atoms with van der Waals surface area (Å²) in [4.78, 5) is 42.2. The third-order valence-electron chi connectivity index (χ3n) is 5.71. The lowest BCUT2D eigenvalue weighted by Gasteiger charge is -2.30. The SMILES string of the molecule is O=C(OCCCN1C(=O)c2ccccc2C1=O)C1CCN(S(=O)(=O)c2cccnc2)CC1. The third-order valence-corrected chi connectivity index (χ3v) is 7.59. The Morgan fingerprint density at radius 1 is 1.03 bits per heavy atom. The van der Waals surface area contributed by atoms with Gasteiger partial charge in [-0.1, -0.05) is 12.1 Å². The number of ether oxygens (including phenoxy) is 1. The normalized spacial score (nSPS) is 17.4. The van der Waals surface area contributed by atoms with E-state index in [-0.39, 0.29) is 54.8 Å². The van der Waals surface area contributed by atoms with Crippen LogP contribution in [0.5, 0.6) is 0 Å². The molecule has 1 saturated heterocycles. The number of amides is 2. The van der Waals surface area contributed by atoms with Crippen LogP contribution in [0.2, 0.25) is 0 Å². The van der Waals surface area contributed by atoms with Crippen LogP contribution in [0.3, 0.4) is 0 Å². The van der Waals surface area contributed by atoms with E-state index in [1.54, 1.807) is 30.3 Å². The summed E-state index contributed by atoms with van der Waals surface area (Å²) >= 11 is 0. The van der Waals surface area contributed by atoms with Gasteiger partial charge >= 0.3 is 5.97 Å². The van der Waals surface area contributed by atoms with Crippen LogP contribution in [-0.2, 0) is 19.6 Å². The van der Waals surface area contributed by atoms with Gasteiger partial charge in [0.25, 0.3) is 11.8 Å². The minimum atomic E-state index is -3.63. The first-order valence-electron chi connectivity index (χ1n) is 10.4. The summed E-state index contributed by atoms with van der Waals surface area (Å²) in [7, 11) is -3.63. The van der Waals surface area contributed by atoms with Gasteiger partial charge in [0.15, 0.2) is 0 Å². The Balaban J connectivity index is 1.22. The van der Waals surface area contributed by atoms with Crippen molar-refractivity contribution >= 4 is 27.8 Å². The van der Waals surface area contributed by atoms with Crippen LogP contribution in [-0.4, -0.2) is 66.6 Å². The molecule has 10 heteroatoms. The highest BCUT2D eigenvalue weighted by Crippen LogP contribution is 2.25. The first kappa shape index (κ1) is 22.1. The summed E-state index contributed by atoms with van der Waals surface area (Å²) in [6.45, 7) is 0.708. The average molecular weight is 458 g/mol. The van der Waals surface area contributed by atoms with Gasteiger partial charge in [-0.2, -0.15) is 4.31 Å². The Kier molecular flexibility index (Phi) is 6.33. The van der Waals surface area contributed by atoms with Crippen molar-refractivity contribution in [3.63, 3.8) is 0 Å². The van der Waals surface area contributed by atoms with Crippen molar-refractivity contribution < 1.29 is 27.5 Å². The molecule has 2 aromatic rings. The lowest BCUT2D eigenvalue weighted by atomic mass is 9.98. The maximum Gasteiger partial charge on any atom is 0.309 e. The number of sulfonamides is 1. The number of fused-ring (bicyclic) bond motifs is 1. The maximum absolute atomic E-state index is 12.6.